The van der Waals surface area contributed by atoms with Gasteiger partial charge in [-0.25, -0.2) is 8.96 Å². The first-order valence-electron chi connectivity index (χ1n) is 12.6. The number of hydrogen-bond acceptors (Lipinski definition) is 1. The number of furan rings is 1. The van der Waals surface area contributed by atoms with E-state index in [0.29, 0.717) is 16.6 Å². The number of halogens is 1. The summed E-state index contributed by atoms with van der Waals surface area (Å²) in [6.07, 6.45) is 2.01. The lowest BCUT2D eigenvalue weighted by atomic mass is 9.78. The second-order valence-corrected chi connectivity index (χ2v) is 10.3. The summed E-state index contributed by atoms with van der Waals surface area (Å²) in [7, 11) is 2.01. The molecule has 0 unspecified atom stereocenters. The molecule has 2 nitrogen and oxygen atoms in total. The standard InChI is InChI=1S/C34H29FNO/c1-22-13-18-27-31-28(35)20-19-26(32(31)37-33(27)30(22)29-12-8-9-21-36(29)4)23-14-16-25(17-15-23)34(2,3)24-10-6-5-7-11-24/h5-21H,1-4H3/q+1. The van der Waals surface area contributed by atoms with Gasteiger partial charge in [-0.05, 0) is 47.4 Å². The SMILES string of the molecule is Cc1ccc2c(oc3c(-c4ccc(C(C)(C)c5ccccc5)cc4)ccc(F)c32)c1-c1cccc[n+]1C. The Hall–Kier alpha value is -4.24. The molecule has 0 aliphatic rings. The number of nitrogens with zero attached hydrogens (tertiary/aromatic N) is 1. The van der Waals surface area contributed by atoms with Crippen LogP contribution in [0, 0.1) is 12.7 Å². The van der Waals surface area contributed by atoms with Crippen molar-refractivity contribution in [2.45, 2.75) is 26.2 Å². The zero-order chi connectivity index (χ0) is 25.7. The molecule has 6 aromatic rings. The highest BCUT2D eigenvalue weighted by Gasteiger charge is 2.25. The summed E-state index contributed by atoms with van der Waals surface area (Å²) in [5.41, 5.74) is 8.64. The fourth-order valence-electron chi connectivity index (χ4n) is 5.42. The molecular weight excluding hydrogens is 457 g/mol. The Kier molecular flexibility index (Phi) is 5.45. The Morgan fingerprint density at radius 1 is 0.730 bits per heavy atom. The molecule has 0 saturated carbocycles. The second kappa shape index (κ2) is 8.70. The first kappa shape index (κ1) is 23.2. The highest BCUT2D eigenvalue weighted by atomic mass is 19.1. The topological polar surface area (TPSA) is 17.0 Å². The molecule has 0 radical (unpaired) electrons. The Balaban J connectivity index is 1.53. The number of aryl methyl sites for hydroxylation is 2. The van der Waals surface area contributed by atoms with Crippen LogP contribution < -0.4 is 4.57 Å². The van der Waals surface area contributed by atoms with Crippen LogP contribution in [0.15, 0.2) is 108 Å². The molecule has 0 amide bonds. The highest BCUT2D eigenvalue weighted by Crippen LogP contribution is 2.42. The molecule has 0 spiro atoms. The molecule has 182 valence electrons. The first-order chi connectivity index (χ1) is 17.9. The fourth-order valence-corrected chi connectivity index (χ4v) is 5.42. The number of benzene rings is 4. The molecule has 0 aliphatic carbocycles. The molecule has 0 atom stereocenters. The smallest absolute Gasteiger partial charge is 0.216 e. The number of fused-ring (bicyclic) bond motifs is 3. The van der Waals surface area contributed by atoms with E-state index in [-0.39, 0.29) is 11.2 Å². The van der Waals surface area contributed by atoms with Crippen LogP contribution in [0.2, 0.25) is 0 Å². The van der Waals surface area contributed by atoms with Crippen molar-refractivity contribution in [3.8, 4) is 22.4 Å². The molecule has 0 fully saturated rings. The van der Waals surface area contributed by atoms with Gasteiger partial charge in [0.15, 0.2) is 6.20 Å². The lowest BCUT2D eigenvalue weighted by molar-refractivity contribution is -0.660. The van der Waals surface area contributed by atoms with Gasteiger partial charge in [0.2, 0.25) is 5.69 Å². The number of hydrogen-bond donors (Lipinski definition) is 0. The normalized spacial score (nSPS) is 11.9. The quantitative estimate of drug-likeness (QED) is 0.228. The van der Waals surface area contributed by atoms with Gasteiger partial charge in [-0.15, -0.1) is 0 Å². The summed E-state index contributed by atoms with van der Waals surface area (Å²) in [5.74, 6) is -0.272. The van der Waals surface area contributed by atoms with Crippen LogP contribution in [0.5, 0.6) is 0 Å². The van der Waals surface area contributed by atoms with Crippen LogP contribution in [0.3, 0.4) is 0 Å². The van der Waals surface area contributed by atoms with Crippen molar-refractivity contribution in [3.63, 3.8) is 0 Å². The van der Waals surface area contributed by atoms with Gasteiger partial charge in [-0.3, -0.25) is 0 Å². The van der Waals surface area contributed by atoms with Crippen molar-refractivity contribution in [1.82, 2.24) is 0 Å². The minimum Gasteiger partial charge on any atom is -0.454 e. The van der Waals surface area contributed by atoms with Gasteiger partial charge in [0, 0.05) is 28.5 Å². The van der Waals surface area contributed by atoms with E-state index in [4.69, 9.17) is 4.42 Å². The van der Waals surface area contributed by atoms with E-state index in [1.807, 2.05) is 49.6 Å². The zero-order valence-electron chi connectivity index (χ0n) is 21.5. The molecule has 0 bridgehead atoms. The number of rotatable bonds is 4. The Bertz CT molecular complexity index is 1760. The van der Waals surface area contributed by atoms with Crippen LogP contribution in [0.1, 0.15) is 30.5 Å². The highest BCUT2D eigenvalue weighted by molar-refractivity contribution is 6.13. The largest absolute Gasteiger partial charge is 0.454 e. The van der Waals surface area contributed by atoms with Crippen molar-refractivity contribution in [3.05, 3.63) is 126 Å². The van der Waals surface area contributed by atoms with E-state index >= 15 is 4.39 Å². The third-order valence-electron chi connectivity index (χ3n) is 7.67. The molecule has 2 aromatic heterocycles. The van der Waals surface area contributed by atoms with Crippen LogP contribution in [-0.4, -0.2) is 0 Å². The molecule has 0 saturated heterocycles. The maximum Gasteiger partial charge on any atom is 0.216 e. The lowest BCUT2D eigenvalue weighted by Crippen LogP contribution is -2.30. The van der Waals surface area contributed by atoms with E-state index in [1.165, 1.54) is 11.1 Å². The fraction of sp³-hybridized carbons (Fsp3) is 0.147. The second-order valence-electron chi connectivity index (χ2n) is 10.3. The predicted molar refractivity (Wildman–Crippen MR) is 149 cm³/mol. The van der Waals surface area contributed by atoms with E-state index < -0.39 is 0 Å². The molecule has 0 N–H and O–H groups in total. The molecule has 3 heteroatoms. The van der Waals surface area contributed by atoms with Crippen molar-refractivity contribution in [1.29, 1.82) is 0 Å². The van der Waals surface area contributed by atoms with Crippen molar-refractivity contribution < 1.29 is 13.4 Å². The first-order valence-corrected chi connectivity index (χ1v) is 12.6. The van der Waals surface area contributed by atoms with Gasteiger partial charge >= 0.3 is 0 Å². The summed E-state index contributed by atoms with van der Waals surface area (Å²) in [6.45, 7) is 6.54. The van der Waals surface area contributed by atoms with Gasteiger partial charge in [0.25, 0.3) is 0 Å². The number of pyridine rings is 1. The maximum atomic E-state index is 15.3. The summed E-state index contributed by atoms with van der Waals surface area (Å²) in [6, 6.07) is 32.6. The van der Waals surface area contributed by atoms with Crippen molar-refractivity contribution in [2.24, 2.45) is 7.05 Å². The average molecular weight is 487 g/mol. The maximum absolute atomic E-state index is 15.3. The third-order valence-corrected chi connectivity index (χ3v) is 7.67. The van der Waals surface area contributed by atoms with E-state index in [2.05, 4.69) is 79.9 Å². The minimum atomic E-state index is -0.272. The van der Waals surface area contributed by atoms with Crippen LogP contribution >= 0.6 is 0 Å². The monoisotopic (exact) mass is 486 g/mol. The van der Waals surface area contributed by atoms with Gasteiger partial charge in [0.1, 0.15) is 24.0 Å². The van der Waals surface area contributed by atoms with Crippen LogP contribution in [0.4, 0.5) is 4.39 Å². The third kappa shape index (κ3) is 3.74. The molecule has 6 rings (SSSR count). The summed E-state index contributed by atoms with van der Waals surface area (Å²) in [5, 5.41) is 1.32. The molecule has 37 heavy (non-hydrogen) atoms. The number of aromatic nitrogens is 1. The van der Waals surface area contributed by atoms with Crippen molar-refractivity contribution in [2.75, 3.05) is 0 Å². The Labute approximate surface area is 216 Å². The molecule has 2 heterocycles. The van der Waals surface area contributed by atoms with Crippen LogP contribution in [0.25, 0.3) is 44.3 Å². The van der Waals surface area contributed by atoms with E-state index in [9.17, 15) is 0 Å². The van der Waals surface area contributed by atoms with Crippen molar-refractivity contribution >= 4 is 21.9 Å². The van der Waals surface area contributed by atoms with Crippen LogP contribution in [-0.2, 0) is 12.5 Å². The average Bonchev–Trinajstić information content (AvgIpc) is 3.30. The Morgan fingerprint density at radius 2 is 1.43 bits per heavy atom. The summed E-state index contributed by atoms with van der Waals surface area (Å²) < 4.78 is 23.9. The predicted octanol–water partition coefficient (Wildman–Crippen LogP) is 8.52. The van der Waals surface area contributed by atoms with Gasteiger partial charge < -0.3 is 4.42 Å². The lowest BCUT2D eigenvalue weighted by Gasteiger charge is -2.26. The van der Waals surface area contributed by atoms with E-state index in [1.54, 1.807) is 6.07 Å². The summed E-state index contributed by atoms with van der Waals surface area (Å²) >= 11 is 0. The molecule has 4 aromatic carbocycles. The molecule has 0 aliphatic heterocycles. The molecular formula is C34H29FNO+. The Morgan fingerprint density at radius 3 is 2.16 bits per heavy atom. The van der Waals surface area contributed by atoms with E-state index in [0.717, 1.165) is 33.3 Å². The minimum absolute atomic E-state index is 0.130. The van der Waals surface area contributed by atoms with Gasteiger partial charge in [-0.1, -0.05) is 80.6 Å². The van der Waals surface area contributed by atoms with Gasteiger partial charge in [0.05, 0.1) is 10.9 Å². The summed E-state index contributed by atoms with van der Waals surface area (Å²) in [4.78, 5) is 0. The zero-order valence-corrected chi connectivity index (χ0v) is 21.5. The van der Waals surface area contributed by atoms with Gasteiger partial charge in [-0.2, -0.15) is 0 Å².